The number of halogens is 1. The van der Waals surface area contributed by atoms with Gasteiger partial charge in [0.1, 0.15) is 11.2 Å². The van der Waals surface area contributed by atoms with Gasteiger partial charge < -0.3 is 4.42 Å². The summed E-state index contributed by atoms with van der Waals surface area (Å²) < 4.78 is 6.23. The highest BCUT2D eigenvalue weighted by Gasteiger charge is 2.19. The van der Waals surface area contributed by atoms with E-state index in [2.05, 4.69) is 121 Å². The SMILES string of the molecule is Clc1ccc2c(-c3ccccc3)c3cc(-c4cccc5oc6ccccc6c45)ccc3c(-c3ccccc3)c2c1. The molecule has 0 N–H and O–H groups in total. The molecule has 0 aliphatic rings. The van der Waals surface area contributed by atoms with Crippen molar-refractivity contribution in [1.82, 2.24) is 0 Å². The van der Waals surface area contributed by atoms with E-state index in [0.717, 1.165) is 37.9 Å². The highest BCUT2D eigenvalue weighted by molar-refractivity contribution is 6.32. The van der Waals surface area contributed by atoms with Crippen molar-refractivity contribution in [3.05, 3.63) is 145 Å². The molecule has 0 saturated carbocycles. The van der Waals surface area contributed by atoms with Crippen molar-refractivity contribution in [2.24, 2.45) is 0 Å². The molecule has 2 heteroatoms. The van der Waals surface area contributed by atoms with Crippen molar-refractivity contribution >= 4 is 55.1 Å². The van der Waals surface area contributed by atoms with E-state index in [9.17, 15) is 0 Å². The Kier molecular flexibility index (Phi) is 5.26. The van der Waals surface area contributed by atoms with Gasteiger partial charge in [-0.2, -0.15) is 0 Å². The van der Waals surface area contributed by atoms with Gasteiger partial charge in [-0.15, -0.1) is 0 Å². The van der Waals surface area contributed by atoms with Crippen LogP contribution in [0.15, 0.2) is 144 Å². The van der Waals surface area contributed by atoms with Crippen molar-refractivity contribution in [2.75, 3.05) is 0 Å². The summed E-state index contributed by atoms with van der Waals surface area (Å²) in [6.45, 7) is 0. The van der Waals surface area contributed by atoms with Gasteiger partial charge in [0.25, 0.3) is 0 Å². The van der Waals surface area contributed by atoms with Crippen LogP contribution in [0, 0.1) is 0 Å². The lowest BCUT2D eigenvalue weighted by molar-refractivity contribution is 0.669. The fourth-order valence-electron chi connectivity index (χ4n) is 6.21. The lowest BCUT2D eigenvalue weighted by Crippen LogP contribution is -1.92. The highest BCUT2D eigenvalue weighted by atomic mass is 35.5. The first-order valence-electron chi connectivity index (χ1n) is 13.5. The third-order valence-electron chi connectivity index (χ3n) is 7.92. The number of rotatable bonds is 3. The van der Waals surface area contributed by atoms with Crippen molar-refractivity contribution < 1.29 is 4.42 Å². The number of para-hydroxylation sites is 1. The standard InChI is InChI=1S/C38H23ClO/c39-27-19-21-30-33(23-27)37(25-12-5-2-6-13-25)29-20-18-26(22-32(29)36(30)24-10-3-1-4-11-24)28-15-9-17-35-38(28)31-14-7-8-16-34(31)40-35/h1-23H. The van der Waals surface area contributed by atoms with Crippen LogP contribution in [0.5, 0.6) is 0 Å². The molecule has 188 valence electrons. The van der Waals surface area contributed by atoms with Gasteiger partial charge in [-0.1, -0.05) is 121 Å². The Bertz CT molecular complexity index is 2210. The average molecular weight is 531 g/mol. The zero-order valence-electron chi connectivity index (χ0n) is 21.6. The first kappa shape index (κ1) is 23.1. The molecule has 0 radical (unpaired) electrons. The van der Waals surface area contributed by atoms with Gasteiger partial charge in [0.05, 0.1) is 0 Å². The summed E-state index contributed by atoms with van der Waals surface area (Å²) in [5, 5.41) is 7.77. The molecule has 0 bridgehead atoms. The lowest BCUT2D eigenvalue weighted by atomic mass is 9.84. The van der Waals surface area contributed by atoms with E-state index in [1.165, 1.54) is 44.0 Å². The van der Waals surface area contributed by atoms with E-state index >= 15 is 0 Å². The molecule has 8 rings (SSSR count). The summed E-state index contributed by atoms with van der Waals surface area (Å²) in [5.41, 5.74) is 8.91. The van der Waals surface area contributed by atoms with Crippen molar-refractivity contribution in [3.8, 4) is 33.4 Å². The molecule has 1 aromatic heterocycles. The fraction of sp³-hybridized carbons (Fsp3) is 0. The van der Waals surface area contributed by atoms with Gasteiger partial charge in [0.2, 0.25) is 0 Å². The van der Waals surface area contributed by atoms with Gasteiger partial charge in [-0.05, 0) is 85.3 Å². The summed E-state index contributed by atoms with van der Waals surface area (Å²) in [6.07, 6.45) is 0. The summed E-state index contributed by atoms with van der Waals surface area (Å²) >= 11 is 6.62. The molecular weight excluding hydrogens is 508 g/mol. The number of hydrogen-bond acceptors (Lipinski definition) is 1. The monoisotopic (exact) mass is 530 g/mol. The van der Waals surface area contributed by atoms with Gasteiger partial charge in [0, 0.05) is 15.8 Å². The lowest BCUT2D eigenvalue weighted by Gasteiger charge is -2.19. The molecule has 0 fully saturated rings. The minimum atomic E-state index is 0.734. The summed E-state index contributed by atoms with van der Waals surface area (Å²) in [5.74, 6) is 0. The molecule has 0 unspecified atom stereocenters. The molecule has 40 heavy (non-hydrogen) atoms. The van der Waals surface area contributed by atoms with Crippen LogP contribution in [0.2, 0.25) is 5.02 Å². The zero-order valence-corrected chi connectivity index (χ0v) is 22.3. The highest BCUT2D eigenvalue weighted by Crippen LogP contribution is 2.46. The normalized spacial score (nSPS) is 11.6. The van der Waals surface area contributed by atoms with Crippen molar-refractivity contribution in [1.29, 1.82) is 0 Å². The smallest absolute Gasteiger partial charge is 0.136 e. The third-order valence-corrected chi connectivity index (χ3v) is 8.15. The zero-order chi connectivity index (χ0) is 26.6. The molecule has 7 aromatic carbocycles. The van der Waals surface area contributed by atoms with Crippen LogP contribution in [0.3, 0.4) is 0 Å². The molecule has 1 heterocycles. The van der Waals surface area contributed by atoms with Crippen LogP contribution in [-0.4, -0.2) is 0 Å². The maximum atomic E-state index is 6.62. The predicted molar refractivity (Wildman–Crippen MR) is 170 cm³/mol. The quantitative estimate of drug-likeness (QED) is 0.207. The Balaban J connectivity index is 1.53. The van der Waals surface area contributed by atoms with E-state index in [4.69, 9.17) is 16.0 Å². The average Bonchev–Trinajstić information content (AvgIpc) is 3.39. The molecule has 0 saturated heterocycles. The molecule has 0 spiro atoms. The van der Waals surface area contributed by atoms with E-state index in [0.29, 0.717) is 0 Å². The topological polar surface area (TPSA) is 13.1 Å². The van der Waals surface area contributed by atoms with Gasteiger partial charge in [-0.3, -0.25) is 0 Å². The van der Waals surface area contributed by atoms with E-state index < -0.39 is 0 Å². The van der Waals surface area contributed by atoms with Gasteiger partial charge in [-0.25, -0.2) is 0 Å². The predicted octanol–water partition coefficient (Wildman–Crippen LogP) is 11.5. The fourth-order valence-corrected chi connectivity index (χ4v) is 6.39. The molecule has 8 aromatic rings. The summed E-state index contributed by atoms with van der Waals surface area (Å²) in [7, 11) is 0. The minimum absolute atomic E-state index is 0.734. The molecule has 1 nitrogen and oxygen atoms in total. The Morgan fingerprint density at radius 2 is 1.00 bits per heavy atom. The van der Waals surface area contributed by atoms with E-state index in [1.807, 2.05) is 18.2 Å². The second kappa shape index (κ2) is 9.12. The number of benzene rings is 7. The number of hydrogen-bond donors (Lipinski definition) is 0. The van der Waals surface area contributed by atoms with Crippen LogP contribution in [0.25, 0.3) is 76.9 Å². The van der Waals surface area contributed by atoms with Crippen LogP contribution >= 0.6 is 11.6 Å². The molecule has 0 aliphatic heterocycles. The Hall–Kier alpha value is -4.85. The first-order chi connectivity index (χ1) is 19.8. The van der Waals surface area contributed by atoms with Gasteiger partial charge in [0.15, 0.2) is 0 Å². The summed E-state index contributed by atoms with van der Waals surface area (Å²) in [6, 6.07) is 49.1. The Morgan fingerprint density at radius 1 is 0.400 bits per heavy atom. The first-order valence-corrected chi connectivity index (χ1v) is 13.8. The second-order valence-electron chi connectivity index (χ2n) is 10.2. The largest absolute Gasteiger partial charge is 0.456 e. The van der Waals surface area contributed by atoms with E-state index in [-0.39, 0.29) is 0 Å². The van der Waals surface area contributed by atoms with Crippen LogP contribution in [0.4, 0.5) is 0 Å². The van der Waals surface area contributed by atoms with Crippen LogP contribution in [0.1, 0.15) is 0 Å². The molecule has 0 amide bonds. The maximum absolute atomic E-state index is 6.62. The van der Waals surface area contributed by atoms with E-state index in [1.54, 1.807) is 0 Å². The second-order valence-corrected chi connectivity index (χ2v) is 10.6. The van der Waals surface area contributed by atoms with Crippen LogP contribution < -0.4 is 0 Å². The van der Waals surface area contributed by atoms with Crippen LogP contribution in [-0.2, 0) is 0 Å². The maximum Gasteiger partial charge on any atom is 0.136 e. The molecule has 0 atom stereocenters. The molecule has 0 aliphatic carbocycles. The number of fused-ring (bicyclic) bond motifs is 5. The van der Waals surface area contributed by atoms with Crippen molar-refractivity contribution in [3.63, 3.8) is 0 Å². The Morgan fingerprint density at radius 3 is 1.73 bits per heavy atom. The third kappa shape index (κ3) is 3.56. The Labute approximate surface area is 236 Å². The number of furan rings is 1. The molecular formula is C38H23ClO. The summed E-state index contributed by atoms with van der Waals surface area (Å²) in [4.78, 5) is 0. The van der Waals surface area contributed by atoms with Gasteiger partial charge >= 0.3 is 0 Å². The van der Waals surface area contributed by atoms with Crippen molar-refractivity contribution in [2.45, 2.75) is 0 Å². The minimum Gasteiger partial charge on any atom is -0.456 e.